The zero-order chi connectivity index (χ0) is 12.4. The molecular weight excluding hydrogens is 222 g/mol. The molecule has 98 valence electrons. The highest BCUT2D eigenvalue weighted by atomic mass is 16.3. The molecule has 2 saturated carbocycles. The molecule has 3 rings (SSSR count). The average Bonchev–Trinajstić information content (AvgIpc) is 3.16. The van der Waals surface area contributed by atoms with Gasteiger partial charge in [-0.2, -0.15) is 0 Å². The van der Waals surface area contributed by atoms with Gasteiger partial charge in [0.1, 0.15) is 0 Å². The molecule has 0 amide bonds. The fourth-order valence-electron chi connectivity index (χ4n) is 3.10. The first-order valence-electron chi connectivity index (χ1n) is 7.30. The van der Waals surface area contributed by atoms with Crippen LogP contribution >= 0.6 is 0 Å². The van der Waals surface area contributed by atoms with Crippen LogP contribution in [0.4, 0.5) is 0 Å². The monoisotopic (exact) mass is 245 g/mol. The number of aliphatic hydroxyl groups excluding tert-OH is 1. The van der Waals surface area contributed by atoms with Gasteiger partial charge < -0.3 is 10.4 Å². The van der Waals surface area contributed by atoms with Crippen molar-refractivity contribution in [1.82, 2.24) is 5.32 Å². The fourth-order valence-corrected chi connectivity index (χ4v) is 3.10. The van der Waals surface area contributed by atoms with Crippen molar-refractivity contribution in [3.05, 3.63) is 35.4 Å². The van der Waals surface area contributed by atoms with E-state index in [1.165, 1.54) is 43.2 Å². The first-order valence-corrected chi connectivity index (χ1v) is 7.30. The lowest BCUT2D eigenvalue weighted by molar-refractivity contribution is 0.205. The van der Waals surface area contributed by atoms with E-state index in [2.05, 4.69) is 29.6 Å². The van der Waals surface area contributed by atoms with E-state index in [1.54, 1.807) is 0 Å². The molecule has 0 bridgehead atoms. The minimum atomic E-state index is 0.332. The third-order valence-electron chi connectivity index (χ3n) is 4.49. The largest absolute Gasteiger partial charge is 0.396 e. The normalized spacial score (nSPS) is 27.6. The molecule has 2 aliphatic rings. The Morgan fingerprint density at radius 3 is 2.50 bits per heavy atom. The summed E-state index contributed by atoms with van der Waals surface area (Å²) in [6.45, 7) is 1.27. The van der Waals surface area contributed by atoms with Gasteiger partial charge in [0.2, 0.25) is 0 Å². The van der Waals surface area contributed by atoms with Crippen molar-refractivity contribution < 1.29 is 5.11 Å². The maximum Gasteiger partial charge on any atom is 0.0474 e. The van der Waals surface area contributed by atoms with E-state index in [1.807, 2.05) is 0 Å². The van der Waals surface area contributed by atoms with Crippen molar-refractivity contribution in [3.8, 4) is 0 Å². The first-order chi connectivity index (χ1) is 8.86. The molecule has 2 N–H and O–H groups in total. The van der Waals surface area contributed by atoms with Crippen molar-refractivity contribution in [2.75, 3.05) is 6.61 Å². The highest BCUT2D eigenvalue weighted by Gasteiger charge is 2.26. The van der Waals surface area contributed by atoms with Crippen LogP contribution in [0.15, 0.2) is 24.3 Å². The number of aliphatic hydroxyl groups is 1. The summed E-state index contributed by atoms with van der Waals surface area (Å²) >= 11 is 0. The van der Waals surface area contributed by atoms with Crippen LogP contribution in [0, 0.1) is 5.92 Å². The maximum atomic E-state index is 9.30. The van der Waals surface area contributed by atoms with Gasteiger partial charge in [-0.3, -0.25) is 0 Å². The molecule has 0 spiro atoms. The molecule has 18 heavy (non-hydrogen) atoms. The van der Waals surface area contributed by atoms with Crippen LogP contribution in [0.1, 0.15) is 49.1 Å². The lowest BCUT2D eigenvalue weighted by atomic mass is 10.0. The van der Waals surface area contributed by atoms with Crippen molar-refractivity contribution in [3.63, 3.8) is 0 Å². The van der Waals surface area contributed by atoms with Crippen LogP contribution < -0.4 is 5.32 Å². The second kappa shape index (κ2) is 5.41. The van der Waals surface area contributed by atoms with Gasteiger partial charge in [-0.05, 0) is 48.6 Å². The standard InChI is InChI=1S/C16H23NO/c18-11-15-2-1-3-16(15)17-10-12-4-6-13(7-5-12)14-8-9-14/h4-7,14-18H,1-3,8-11H2. The van der Waals surface area contributed by atoms with Crippen LogP contribution in [-0.2, 0) is 6.54 Å². The molecular formula is C16H23NO. The lowest BCUT2D eigenvalue weighted by Crippen LogP contribution is -2.33. The van der Waals surface area contributed by atoms with Gasteiger partial charge in [-0.15, -0.1) is 0 Å². The summed E-state index contributed by atoms with van der Waals surface area (Å²) in [5, 5.41) is 12.9. The van der Waals surface area contributed by atoms with E-state index in [4.69, 9.17) is 0 Å². The van der Waals surface area contributed by atoms with Crippen LogP contribution in [0.25, 0.3) is 0 Å². The van der Waals surface area contributed by atoms with E-state index in [0.29, 0.717) is 18.6 Å². The predicted octanol–water partition coefficient (Wildman–Crippen LogP) is 2.81. The topological polar surface area (TPSA) is 32.3 Å². The van der Waals surface area contributed by atoms with E-state index in [-0.39, 0.29) is 0 Å². The zero-order valence-electron chi connectivity index (χ0n) is 10.9. The number of hydrogen-bond acceptors (Lipinski definition) is 2. The predicted molar refractivity (Wildman–Crippen MR) is 73.5 cm³/mol. The molecule has 0 saturated heterocycles. The number of nitrogens with one attached hydrogen (secondary N) is 1. The highest BCUT2D eigenvalue weighted by Crippen LogP contribution is 2.39. The Hall–Kier alpha value is -0.860. The Morgan fingerprint density at radius 1 is 1.06 bits per heavy atom. The quantitative estimate of drug-likeness (QED) is 0.836. The molecule has 2 fully saturated rings. The summed E-state index contributed by atoms with van der Waals surface area (Å²) in [6.07, 6.45) is 6.39. The molecule has 0 aromatic heterocycles. The summed E-state index contributed by atoms with van der Waals surface area (Å²) in [7, 11) is 0. The third kappa shape index (κ3) is 2.76. The van der Waals surface area contributed by atoms with Gasteiger partial charge >= 0.3 is 0 Å². The van der Waals surface area contributed by atoms with Gasteiger partial charge in [0, 0.05) is 19.2 Å². The van der Waals surface area contributed by atoms with Gasteiger partial charge in [-0.25, -0.2) is 0 Å². The summed E-state index contributed by atoms with van der Waals surface area (Å²) in [5.74, 6) is 1.32. The van der Waals surface area contributed by atoms with Gasteiger partial charge in [0.05, 0.1) is 0 Å². The molecule has 2 aliphatic carbocycles. The second-order valence-electron chi connectivity index (χ2n) is 5.88. The molecule has 2 heteroatoms. The lowest BCUT2D eigenvalue weighted by Gasteiger charge is -2.19. The zero-order valence-corrected chi connectivity index (χ0v) is 10.9. The highest BCUT2D eigenvalue weighted by molar-refractivity contribution is 5.28. The molecule has 1 aromatic carbocycles. The second-order valence-corrected chi connectivity index (χ2v) is 5.88. The molecule has 1 aromatic rings. The molecule has 0 radical (unpaired) electrons. The molecule has 2 unspecified atom stereocenters. The molecule has 0 aliphatic heterocycles. The van der Waals surface area contributed by atoms with Gasteiger partial charge in [-0.1, -0.05) is 30.7 Å². The smallest absolute Gasteiger partial charge is 0.0474 e. The van der Waals surface area contributed by atoms with Crippen LogP contribution in [0.5, 0.6) is 0 Å². The SMILES string of the molecule is OCC1CCCC1NCc1ccc(C2CC2)cc1. The Morgan fingerprint density at radius 2 is 1.83 bits per heavy atom. The number of rotatable bonds is 5. The van der Waals surface area contributed by atoms with E-state index >= 15 is 0 Å². The van der Waals surface area contributed by atoms with Gasteiger partial charge in [0.25, 0.3) is 0 Å². The van der Waals surface area contributed by atoms with Crippen LogP contribution in [-0.4, -0.2) is 17.8 Å². The Labute approximate surface area is 109 Å². The first kappa shape index (κ1) is 12.2. The Bertz CT molecular complexity index is 383. The minimum Gasteiger partial charge on any atom is -0.396 e. The number of hydrogen-bond donors (Lipinski definition) is 2. The number of benzene rings is 1. The van der Waals surface area contributed by atoms with E-state index < -0.39 is 0 Å². The fraction of sp³-hybridized carbons (Fsp3) is 0.625. The average molecular weight is 245 g/mol. The van der Waals surface area contributed by atoms with Crippen molar-refractivity contribution in [2.45, 2.75) is 50.6 Å². The third-order valence-corrected chi connectivity index (χ3v) is 4.49. The van der Waals surface area contributed by atoms with Crippen LogP contribution in [0.2, 0.25) is 0 Å². The van der Waals surface area contributed by atoms with Crippen molar-refractivity contribution in [1.29, 1.82) is 0 Å². The van der Waals surface area contributed by atoms with Crippen molar-refractivity contribution in [2.24, 2.45) is 5.92 Å². The summed E-state index contributed by atoms with van der Waals surface area (Å²) < 4.78 is 0. The van der Waals surface area contributed by atoms with Crippen LogP contribution in [0.3, 0.4) is 0 Å². The van der Waals surface area contributed by atoms with Gasteiger partial charge in [0.15, 0.2) is 0 Å². The molecule has 0 heterocycles. The van der Waals surface area contributed by atoms with Crippen molar-refractivity contribution >= 4 is 0 Å². The maximum absolute atomic E-state index is 9.30. The summed E-state index contributed by atoms with van der Waals surface area (Å²) in [5.41, 5.74) is 2.87. The molecule has 2 nitrogen and oxygen atoms in total. The summed E-state index contributed by atoms with van der Waals surface area (Å²) in [6, 6.07) is 9.59. The molecule has 2 atom stereocenters. The van der Waals surface area contributed by atoms with E-state index in [9.17, 15) is 5.11 Å². The minimum absolute atomic E-state index is 0.332. The Kier molecular flexibility index (Phi) is 3.67. The Balaban J connectivity index is 1.52. The summed E-state index contributed by atoms with van der Waals surface area (Å²) in [4.78, 5) is 0. The van der Waals surface area contributed by atoms with E-state index in [0.717, 1.165) is 12.5 Å².